The van der Waals surface area contributed by atoms with Crippen LogP contribution in [0.3, 0.4) is 0 Å². The van der Waals surface area contributed by atoms with Gasteiger partial charge in [0.05, 0.1) is 0 Å². The summed E-state index contributed by atoms with van der Waals surface area (Å²) in [6.45, 7) is 0.619. The monoisotopic (exact) mass is 334 g/mol. The Labute approximate surface area is 126 Å². The summed E-state index contributed by atoms with van der Waals surface area (Å²) in [6.07, 6.45) is 0. The van der Waals surface area contributed by atoms with Gasteiger partial charge >= 0.3 is 0 Å². The Morgan fingerprint density at radius 2 is 1.75 bits per heavy atom. The lowest BCUT2D eigenvalue weighted by Crippen LogP contribution is -2.19. The maximum Gasteiger partial charge on any atom is 0.255 e. The van der Waals surface area contributed by atoms with Gasteiger partial charge in [-0.25, -0.2) is 0 Å². The molecule has 2 aromatic rings. The number of rotatable bonds is 6. The van der Waals surface area contributed by atoms with Gasteiger partial charge in [0.15, 0.2) is 6.61 Å². The normalized spacial score (nSPS) is 10.1. The zero-order valence-electron chi connectivity index (χ0n) is 10.8. The molecule has 0 radical (unpaired) electrons. The SMILES string of the molecule is NC(=O)COc1ccc(CNc2ccc(Br)cc2)cc1. The van der Waals surface area contributed by atoms with Gasteiger partial charge in [-0.05, 0) is 42.0 Å². The second-order valence-corrected chi connectivity index (χ2v) is 5.18. The van der Waals surface area contributed by atoms with E-state index in [0.29, 0.717) is 5.75 Å². The Kier molecular flexibility index (Phi) is 5.01. The predicted octanol–water partition coefficient (Wildman–Crippen LogP) is 2.93. The molecule has 0 heterocycles. The molecule has 0 aliphatic heterocycles. The summed E-state index contributed by atoms with van der Waals surface area (Å²) in [4.78, 5) is 10.6. The molecule has 2 rings (SSSR count). The van der Waals surface area contributed by atoms with E-state index in [1.807, 2.05) is 48.5 Å². The first-order chi connectivity index (χ1) is 9.63. The minimum Gasteiger partial charge on any atom is -0.484 e. The van der Waals surface area contributed by atoms with Gasteiger partial charge in [-0.2, -0.15) is 0 Å². The average Bonchev–Trinajstić information content (AvgIpc) is 2.45. The highest BCUT2D eigenvalue weighted by molar-refractivity contribution is 9.10. The number of primary amides is 1. The van der Waals surface area contributed by atoms with E-state index >= 15 is 0 Å². The Morgan fingerprint density at radius 1 is 1.10 bits per heavy atom. The zero-order chi connectivity index (χ0) is 14.4. The van der Waals surface area contributed by atoms with Crippen molar-refractivity contribution in [3.8, 4) is 5.75 Å². The Balaban J connectivity index is 1.87. The Bertz CT molecular complexity index is 567. The first kappa shape index (κ1) is 14.4. The lowest BCUT2D eigenvalue weighted by molar-refractivity contribution is -0.119. The highest BCUT2D eigenvalue weighted by atomic mass is 79.9. The summed E-state index contributed by atoms with van der Waals surface area (Å²) in [5, 5.41) is 3.32. The van der Waals surface area contributed by atoms with Gasteiger partial charge in [-0.15, -0.1) is 0 Å². The molecule has 3 N–H and O–H groups in total. The number of benzene rings is 2. The minimum absolute atomic E-state index is 0.101. The van der Waals surface area contributed by atoms with Crippen LogP contribution in [0, 0.1) is 0 Å². The van der Waals surface area contributed by atoms with Crippen molar-refractivity contribution in [1.82, 2.24) is 0 Å². The third-order valence-electron chi connectivity index (χ3n) is 2.65. The molecule has 0 spiro atoms. The van der Waals surface area contributed by atoms with Crippen LogP contribution in [0.5, 0.6) is 5.75 Å². The van der Waals surface area contributed by atoms with E-state index in [4.69, 9.17) is 10.5 Å². The largest absolute Gasteiger partial charge is 0.484 e. The maximum absolute atomic E-state index is 10.6. The summed E-state index contributed by atoms with van der Waals surface area (Å²) in [5.74, 6) is 0.155. The van der Waals surface area contributed by atoms with Crippen LogP contribution in [0.25, 0.3) is 0 Å². The van der Waals surface area contributed by atoms with Crippen molar-refractivity contribution in [1.29, 1.82) is 0 Å². The van der Waals surface area contributed by atoms with E-state index in [0.717, 1.165) is 22.3 Å². The molecule has 0 saturated carbocycles. The van der Waals surface area contributed by atoms with Gasteiger partial charge in [0.1, 0.15) is 5.75 Å². The van der Waals surface area contributed by atoms with E-state index in [1.165, 1.54) is 0 Å². The number of hydrogen-bond acceptors (Lipinski definition) is 3. The number of halogens is 1. The molecule has 0 aliphatic carbocycles. The molecule has 0 fully saturated rings. The van der Waals surface area contributed by atoms with E-state index in [-0.39, 0.29) is 6.61 Å². The van der Waals surface area contributed by atoms with Crippen LogP contribution < -0.4 is 15.8 Å². The third kappa shape index (κ3) is 4.59. The molecule has 0 aromatic heterocycles. The molecule has 20 heavy (non-hydrogen) atoms. The predicted molar refractivity (Wildman–Crippen MR) is 82.6 cm³/mol. The third-order valence-corrected chi connectivity index (χ3v) is 3.17. The molecule has 104 valence electrons. The molecule has 1 amide bonds. The summed E-state index contributed by atoms with van der Waals surface area (Å²) in [6, 6.07) is 15.5. The number of carbonyl (C=O) groups is 1. The fourth-order valence-electron chi connectivity index (χ4n) is 1.63. The van der Waals surface area contributed by atoms with E-state index in [1.54, 1.807) is 0 Å². The molecule has 0 bridgehead atoms. The lowest BCUT2D eigenvalue weighted by atomic mass is 10.2. The fourth-order valence-corrected chi connectivity index (χ4v) is 1.89. The second kappa shape index (κ2) is 6.96. The van der Waals surface area contributed by atoms with Crippen molar-refractivity contribution in [2.75, 3.05) is 11.9 Å². The van der Waals surface area contributed by atoms with Crippen molar-refractivity contribution in [2.24, 2.45) is 5.73 Å². The van der Waals surface area contributed by atoms with E-state index in [2.05, 4.69) is 21.2 Å². The summed E-state index contributed by atoms with van der Waals surface area (Å²) in [7, 11) is 0. The van der Waals surface area contributed by atoms with Gasteiger partial charge in [-0.3, -0.25) is 4.79 Å². The van der Waals surface area contributed by atoms with E-state index < -0.39 is 5.91 Å². The number of ether oxygens (including phenoxy) is 1. The van der Waals surface area contributed by atoms with Crippen LogP contribution in [0.1, 0.15) is 5.56 Å². The van der Waals surface area contributed by atoms with Crippen LogP contribution in [-0.2, 0) is 11.3 Å². The number of anilines is 1. The molecular weight excluding hydrogens is 320 g/mol. The number of hydrogen-bond donors (Lipinski definition) is 2. The van der Waals surface area contributed by atoms with Crippen molar-refractivity contribution < 1.29 is 9.53 Å². The molecule has 0 atom stereocenters. The smallest absolute Gasteiger partial charge is 0.255 e. The van der Waals surface area contributed by atoms with Gasteiger partial charge in [0.25, 0.3) is 5.91 Å². The van der Waals surface area contributed by atoms with E-state index in [9.17, 15) is 4.79 Å². The van der Waals surface area contributed by atoms with Crippen molar-refractivity contribution in [2.45, 2.75) is 6.54 Å². The van der Waals surface area contributed by atoms with Crippen molar-refractivity contribution in [3.63, 3.8) is 0 Å². The first-order valence-electron chi connectivity index (χ1n) is 6.13. The number of carbonyl (C=O) groups excluding carboxylic acids is 1. The number of amides is 1. The number of nitrogens with two attached hydrogens (primary N) is 1. The van der Waals surface area contributed by atoms with Gasteiger partial charge in [0.2, 0.25) is 0 Å². The number of nitrogens with one attached hydrogen (secondary N) is 1. The van der Waals surface area contributed by atoms with Crippen LogP contribution in [0.15, 0.2) is 53.0 Å². The topological polar surface area (TPSA) is 64.4 Å². The van der Waals surface area contributed by atoms with Gasteiger partial charge in [-0.1, -0.05) is 28.1 Å². The minimum atomic E-state index is -0.481. The highest BCUT2D eigenvalue weighted by Gasteiger charge is 1.99. The first-order valence-corrected chi connectivity index (χ1v) is 6.92. The summed E-state index contributed by atoms with van der Waals surface area (Å²) >= 11 is 3.40. The Hall–Kier alpha value is -2.01. The molecular formula is C15H15BrN2O2. The summed E-state index contributed by atoms with van der Waals surface area (Å²) in [5.41, 5.74) is 7.20. The molecule has 0 aliphatic rings. The van der Waals surface area contributed by atoms with Gasteiger partial charge in [0, 0.05) is 16.7 Å². The lowest BCUT2D eigenvalue weighted by Gasteiger charge is -2.08. The highest BCUT2D eigenvalue weighted by Crippen LogP contribution is 2.16. The maximum atomic E-state index is 10.6. The molecule has 0 saturated heterocycles. The molecule has 4 nitrogen and oxygen atoms in total. The molecule has 5 heteroatoms. The fraction of sp³-hybridized carbons (Fsp3) is 0.133. The van der Waals surface area contributed by atoms with Crippen LogP contribution in [0.4, 0.5) is 5.69 Å². The standard InChI is InChI=1S/C15H15BrN2O2/c16-12-3-5-13(6-4-12)18-9-11-1-7-14(8-2-11)20-10-15(17)19/h1-8,18H,9-10H2,(H2,17,19). The van der Waals surface area contributed by atoms with Crippen LogP contribution in [-0.4, -0.2) is 12.5 Å². The second-order valence-electron chi connectivity index (χ2n) is 4.26. The molecule has 2 aromatic carbocycles. The summed E-state index contributed by atoms with van der Waals surface area (Å²) < 4.78 is 6.25. The Morgan fingerprint density at radius 3 is 2.35 bits per heavy atom. The molecule has 0 unspecified atom stereocenters. The zero-order valence-corrected chi connectivity index (χ0v) is 12.4. The van der Waals surface area contributed by atoms with Crippen LogP contribution in [0.2, 0.25) is 0 Å². The van der Waals surface area contributed by atoms with Gasteiger partial charge < -0.3 is 15.8 Å². The average molecular weight is 335 g/mol. The quantitative estimate of drug-likeness (QED) is 0.853. The van der Waals surface area contributed by atoms with Crippen molar-refractivity contribution >= 4 is 27.5 Å². The van der Waals surface area contributed by atoms with Crippen molar-refractivity contribution in [3.05, 3.63) is 58.6 Å². The van der Waals surface area contributed by atoms with Crippen LogP contribution >= 0.6 is 15.9 Å².